The van der Waals surface area contributed by atoms with Crippen molar-refractivity contribution >= 4 is 5.97 Å². The monoisotopic (exact) mass is 228 g/mol. The summed E-state index contributed by atoms with van der Waals surface area (Å²) in [7, 11) is 1.30. The SMILES string of the molecule is COc1cc(CC(O)C(=O)O)cc(O)c1O. The van der Waals surface area contributed by atoms with Crippen LogP contribution in [0.25, 0.3) is 0 Å². The first-order chi connectivity index (χ1) is 7.45. The number of aromatic hydroxyl groups is 2. The van der Waals surface area contributed by atoms with Crippen LogP contribution in [-0.2, 0) is 11.2 Å². The van der Waals surface area contributed by atoms with Crippen molar-refractivity contribution < 1.29 is 30.0 Å². The number of aliphatic hydroxyl groups excluding tert-OH is 1. The average Bonchev–Trinajstić information content (AvgIpc) is 2.22. The number of carboxylic acid groups (broad SMARTS) is 1. The lowest BCUT2D eigenvalue weighted by atomic mass is 10.1. The van der Waals surface area contributed by atoms with Gasteiger partial charge in [-0.2, -0.15) is 0 Å². The van der Waals surface area contributed by atoms with Gasteiger partial charge in [0.05, 0.1) is 7.11 Å². The predicted molar refractivity (Wildman–Crippen MR) is 53.7 cm³/mol. The zero-order valence-electron chi connectivity index (χ0n) is 8.54. The molecule has 1 unspecified atom stereocenters. The van der Waals surface area contributed by atoms with Gasteiger partial charge in [-0.05, 0) is 17.7 Å². The lowest BCUT2D eigenvalue weighted by molar-refractivity contribution is -0.146. The summed E-state index contributed by atoms with van der Waals surface area (Å²) in [5.41, 5.74) is 0.349. The standard InChI is InChI=1S/C10H12O6/c1-16-8-4-5(2-6(11)9(8)13)3-7(12)10(14)15/h2,4,7,11-13H,3H2,1H3,(H,14,15). The Morgan fingerprint density at radius 2 is 2.06 bits per heavy atom. The van der Waals surface area contributed by atoms with Crippen LogP contribution in [0.2, 0.25) is 0 Å². The second-order valence-electron chi connectivity index (χ2n) is 3.22. The molecule has 1 aromatic rings. The highest BCUT2D eigenvalue weighted by Crippen LogP contribution is 2.36. The molecule has 0 bridgehead atoms. The highest BCUT2D eigenvalue weighted by Gasteiger charge is 2.16. The minimum Gasteiger partial charge on any atom is -0.504 e. The molecule has 88 valence electrons. The van der Waals surface area contributed by atoms with E-state index in [0.717, 1.165) is 0 Å². The van der Waals surface area contributed by atoms with Crippen LogP contribution >= 0.6 is 0 Å². The van der Waals surface area contributed by atoms with E-state index in [9.17, 15) is 15.0 Å². The summed E-state index contributed by atoms with van der Waals surface area (Å²) in [6.07, 6.45) is -1.74. The van der Waals surface area contributed by atoms with Gasteiger partial charge in [0.2, 0.25) is 5.75 Å². The number of phenols is 2. The number of methoxy groups -OCH3 is 1. The molecule has 0 radical (unpaired) electrons. The molecule has 4 N–H and O–H groups in total. The van der Waals surface area contributed by atoms with E-state index in [1.165, 1.54) is 19.2 Å². The van der Waals surface area contributed by atoms with Crippen molar-refractivity contribution in [2.45, 2.75) is 12.5 Å². The van der Waals surface area contributed by atoms with Crippen LogP contribution in [0.3, 0.4) is 0 Å². The Morgan fingerprint density at radius 3 is 2.56 bits per heavy atom. The summed E-state index contributed by atoms with van der Waals surface area (Å²) in [4.78, 5) is 10.4. The predicted octanol–water partition coefficient (Wildman–Crippen LogP) is 0.0944. The number of aliphatic carboxylic acids is 1. The van der Waals surface area contributed by atoms with Crippen molar-refractivity contribution in [3.05, 3.63) is 17.7 Å². The molecule has 6 heteroatoms. The van der Waals surface area contributed by atoms with E-state index in [1.54, 1.807) is 0 Å². The van der Waals surface area contributed by atoms with Gasteiger partial charge in [-0.3, -0.25) is 0 Å². The van der Waals surface area contributed by atoms with Crippen LogP contribution in [0.4, 0.5) is 0 Å². The molecule has 0 fully saturated rings. The molecule has 0 aliphatic carbocycles. The Bertz CT molecular complexity index is 401. The van der Waals surface area contributed by atoms with Crippen molar-refractivity contribution in [1.82, 2.24) is 0 Å². The van der Waals surface area contributed by atoms with E-state index < -0.39 is 23.6 Å². The van der Waals surface area contributed by atoms with Crippen LogP contribution in [0.15, 0.2) is 12.1 Å². The molecule has 0 aliphatic heterocycles. The number of benzene rings is 1. The van der Waals surface area contributed by atoms with Crippen molar-refractivity contribution in [2.75, 3.05) is 7.11 Å². The van der Waals surface area contributed by atoms with Gasteiger partial charge in [-0.15, -0.1) is 0 Å². The summed E-state index contributed by atoms with van der Waals surface area (Å²) in [6.45, 7) is 0. The molecule has 0 aliphatic rings. The number of phenolic OH excluding ortho intramolecular Hbond substituents is 2. The minimum absolute atomic E-state index is 0.0209. The Morgan fingerprint density at radius 1 is 1.44 bits per heavy atom. The van der Waals surface area contributed by atoms with Crippen molar-refractivity contribution in [3.8, 4) is 17.2 Å². The zero-order valence-corrected chi connectivity index (χ0v) is 8.54. The van der Waals surface area contributed by atoms with Crippen LogP contribution in [0.5, 0.6) is 17.2 Å². The quantitative estimate of drug-likeness (QED) is 0.544. The lowest BCUT2D eigenvalue weighted by Gasteiger charge is -2.10. The number of ether oxygens (including phenoxy) is 1. The van der Waals surface area contributed by atoms with E-state index in [0.29, 0.717) is 5.56 Å². The molecule has 0 spiro atoms. The van der Waals surface area contributed by atoms with Crippen LogP contribution in [0.1, 0.15) is 5.56 Å². The number of rotatable bonds is 4. The summed E-state index contributed by atoms with van der Waals surface area (Å²) in [5.74, 6) is -2.18. The summed E-state index contributed by atoms with van der Waals surface area (Å²) in [5, 5.41) is 36.2. The van der Waals surface area contributed by atoms with Crippen LogP contribution in [-0.4, -0.2) is 39.6 Å². The third kappa shape index (κ3) is 2.54. The maximum atomic E-state index is 10.4. The third-order valence-corrected chi connectivity index (χ3v) is 2.05. The van der Waals surface area contributed by atoms with E-state index in [1.807, 2.05) is 0 Å². The fourth-order valence-corrected chi connectivity index (χ4v) is 1.23. The normalized spacial score (nSPS) is 12.1. The smallest absolute Gasteiger partial charge is 0.332 e. The van der Waals surface area contributed by atoms with Gasteiger partial charge in [0.15, 0.2) is 17.6 Å². The largest absolute Gasteiger partial charge is 0.504 e. The lowest BCUT2D eigenvalue weighted by Crippen LogP contribution is -2.21. The topological polar surface area (TPSA) is 107 Å². The van der Waals surface area contributed by atoms with Gasteiger partial charge >= 0.3 is 5.97 Å². The molecule has 6 nitrogen and oxygen atoms in total. The van der Waals surface area contributed by atoms with Crippen LogP contribution in [0, 0.1) is 0 Å². The Hall–Kier alpha value is -1.95. The Kier molecular flexibility index (Phi) is 3.57. The number of carboxylic acids is 1. The molecule has 0 aromatic heterocycles. The molecule has 0 saturated carbocycles. The van der Waals surface area contributed by atoms with Gasteiger partial charge in [-0.25, -0.2) is 4.79 Å². The third-order valence-electron chi connectivity index (χ3n) is 2.05. The summed E-state index contributed by atoms with van der Waals surface area (Å²) < 4.78 is 4.77. The van der Waals surface area contributed by atoms with Crippen molar-refractivity contribution in [1.29, 1.82) is 0 Å². The number of hydrogen-bond donors (Lipinski definition) is 4. The summed E-state index contributed by atoms with van der Waals surface area (Å²) in [6, 6.07) is 2.52. The van der Waals surface area contributed by atoms with Gasteiger partial charge in [-0.1, -0.05) is 0 Å². The first-order valence-corrected chi connectivity index (χ1v) is 4.45. The fraction of sp³-hybridized carbons (Fsp3) is 0.300. The Labute approximate surface area is 91.3 Å². The van der Waals surface area contributed by atoms with Gasteiger partial charge in [0, 0.05) is 6.42 Å². The molecule has 1 rings (SSSR count). The van der Waals surface area contributed by atoms with E-state index >= 15 is 0 Å². The first-order valence-electron chi connectivity index (χ1n) is 4.45. The number of carbonyl (C=O) groups is 1. The molecular formula is C10H12O6. The maximum absolute atomic E-state index is 10.4. The molecule has 1 atom stereocenters. The molecule has 16 heavy (non-hydrogen) atoms. The van der Waals surface area contributed by atoms with Gasteiger partial charge in [0.25, 0.3) is 0 Å². The molecule has 1 aromatic carbocycles. The summed E-state index contributed by atoms with van der Waals surface area (Å²) >= 11 is 0. The van der Waals surface area contributed by atoms with Crippen molar-refractivity contribution in [3.63, 3.8) is 0 Å². The molecule has 0 amide bonds. The second kappa shape index (κ2) is 4.71. The second-order valence-corrected chi connectivity index (χ2v) is 3.22. The molecule has 0 heterocycles. The average molecular weight is 228 g/mol. The number of hydrogen-bond acceptors (Lipinski definition) is 5. The number of aliphatic hydroxyl groups is 1. The van der Waals surface area contributed by atoms with Gasteiger partial charge < -0.3 is 25.2 Å². The molecule has 0 saturated heterocycles. The van der Waals surface area contributed by atoms with Crippen molar-refractivity contribution in [2.24, 2.45) is 0 Å². The minimum atomic E-state index is -1.56. The fourth-order valence-electron chi connectivity index (χ4n) is 1.23. The maximum Gasteiger partial charge on any atom is 0.332 e. The van der Waals surface area contributed by atoms with Crippen LogP contribution < -0.4 is 4.74 Å². The Balaban J connectivity index is 2.98. The first kappa shape index (κ1) is 12.1. The molecular weight excluding hydrogens is 216 g/mol. The highest BCUT2D eigenvalue weighted by atomic mass is 16.5. The zero-order chi connectivity index (χ0) is 12.3. The van der Waals surface area contributed by atoms with Gasteiger partial charge in [0.1, 0.15) is 0 Å². The van der Waals surface area contributed by atoms with E-state index in [2.05, 4.69) is 0 Å². The highest BCUT2D eigenvalue weighted by molar-refractivity contribution is 5.72. The van der Waals surface area contributed by atoms with E-state index in [4.69, 9.17) is 14.9 Å². The van der Waals surface area contributed by atoms with E-state index in [-0.39, 0.29) is 12.2 Å².